The highest BCUT2D eigenvalue weighted by Gasteiger charge is 2.80. The second-order valence-corrected chi connectivity index (χ2v) is 5.52. The van der Waals surface area contributed by atoms with Crippen molar-refractivity contribution in [3.63, 3.8) is 0 Å². The van der Waals surface area contributed by atoms with E-state index in [1.165, 1.54) is 0 Å². The number of rotatable bonds is 2. The first-order valence-corrected chi connectivity index (χ1v) is 5.94. The van der Waals surface area contributed by atoms with Crippen LogP contribution in [0.15, 0.2) is 0 Å². The summed E-state index contributed by atoms with van der Waals surface area (Å²) in [6.45, 7) is 3.79. The van der Waals surface area contributed by atoms with Gasteiger partial charge in [-0.25, -0.2) is 4.39 Å². The SMILES string of the molecule is CC[C@@H]1[C@]2(CC2OC)OC2(CC2)[C@]1(C)F. The fourth-order valence-corrected chi connectivity index (χ4v) is 3.73. The second kappa shape index (κ2) is 2.57. The number of ether oxygens (including phenoxy) is 2. The molecule has 1 unspecified atom stereocenters. The van der Waals surface area contributed by atoms with Gasteiger partial charge in [0.2, 0.25) is 0 Å². The van der Waals surface area contributed by atoms with Crippen molar-refractivity contribution in [3.05, 3.63) is 0 Å². The molecule has 1 heterocycles. The van der Waals surface area contributed by atoms with Gasteiger partial charge in [0, 0.05) is 19.4 Å². The lowest BCUT2D eigenvalue weighted by Gasteiger charge is -2.26. The Morgan fingerprint density at radius 2 is 2.13 bits per heavy atom. The maximum absolute atomic E-state index is 14.8. The van der Waals surface area contributed by atoms with Gasteiger partial charge in [-0.3, -0.25) is 0 Å². The van der Waals surface area contributed by atoms with Gasteiger partial charge in [0.15, 0.2) is 0 Å². The Kier molecular flexibility index (Phi) is 1.72. The Hall–Kier alpha value is -0.150. The molecule has 0 amide bonds. The van der Waals surface area contributed by atoms with Crippen molar-refractivity contribution in [2.24, 2.45) is 5.92 Å². The first-order valence-electron chi connectivity index (χ1n) is 5.94. The summed E-state index contributed by atoms with van der Waals surface area (Å²) in [7, 11) is 1.70. The van der Waals surface area contributed by atoms with Crippen molar-refractivity contribution < 1.29 is 13.9 Å². The third-order valence-corrected chi connectivity index (χ3v) is 4.81. The van der Waals surface area contributed by atoms with E-state index in [-0.39, 0.29) is 17.6 Å². The third-order valence-electron chi connectivity index (χ3n) is 4.81. The molecule has 0 aromatic heterocycles. The van der Waals surface area contributed by atoms with E-state index >= 15 is 0 Å². The van der Waals surface area contributed by atoms with Crippen molar-refractivity contribution in [2.75, 3.05) is 7.11 Å². The first kappa shape index (κ1) is 10.0. The van der Waals surface area contributed by atoms with Crippen LogP contribution in [-0.4, -0.2) is 30.1 Å². The topological polar surface area (TPSA) is 18.5 Å². The van der Waals surface area contributed by atoms with E-state index in [9.17, 15) is 4.39 Å². The molecule has 0 bridgehead atoms. The van der Waals surface area contributed by atoms with Crippen molar-refractivity contribution >= 4 is 0 Å². The van der Waals surface area contributed by atoms with Crippen LogP contribution in [0.4, 0.5) is 4.39 Å². The Balaban J connectivity index is 1.94. The van der Waals surface area contributed by atoms with E-state index in [2.05, 4.69) is 6.92 Å². The van der Waals surface area contributed by atoms with Gasteiger partial charge in [-0.1, -0.05) is 6.92 Å². The lowest BCUT2D eigenvalue weighted by molar-refractivity contribution is -0.0488. The smallest absolute Gasteiger partial charge is 0.142 e. The monoisotopic (exact) mass is 214 g/mol. The summed E-state index contributed by atoms with van der Waals surface area (Å²) in [6, 6.07) is 0. The van der Waals surface area contributed by atoms with Crippen LogP contribution in [0, 0.1) is 5.92 Å². The van der Waals surface area contributed by atoms with Crippen LogP contribution in [0.25, 0.3) is 0 Å². The number of hydrogen-bond acceptors (Lipinski definition) is 2. The van der Waals surface area contributed by atoms with Crippen LogP contribution in [0.2, 0.25) is 0 Å². The predicted molar refractivity (Wildman–Crippen MR) is 54.5 cm³/mol. The second-order valence-electron chi connectivity index (χ2n) is 5.52. The van der Waals surface area contributed by atoms with E-state index in [0.717, 1.165) is 25.7 Å². The number of hydrogen-bond donors (Lipinski definition) is 0. The van der Waals surface area contributed by atoms with Crippen molar-refractivity contribution in [1.82, 2.24) is 0 Å². The molecule has 0 N–H and O–H groups in total. The van der Waals surface area contributed by atoms with E-state index in [0.29, 0.717) is 0 Å². The Bertz CT molecular complexity index is 298. The fourth-order valence-electron chi connectivity index (χ4n) is 3.73. The van der Waals surface area contributed by atoms with Gasteiger partial charge in [0.05, 0.1) is 6.10 Å². The summed E-state index contributed by atoms with van der Waals surface area (Å²) in [4.78, 5) is 0. The number of alkyl halides is 1. The minimum atomic E-state index is -1.16. The molecule has 2 saturated carbocycles. The Labute approximate surface area is 90.1 Å². The van der Waals surface area contributed by atoms with Gasteiger partial charge in [0.1, 0.15) is 16.9 Å². The molecule has 2 aliphatic carbocycles. The first-order chi connectivity index (χ1) is 7.02. The van der Waals surface area contributed by atoms with Crippen molar-refractivity contribution in [2.45, 2.75) is 62.5 Å². The van der Waals surface area contributed by atoms with E-state index in [1.807, 2.05) is 0 Å². The molecule has 1 saturated heterocycles. The molecule has 1 aliphatic heterocycles. The van der Waals surface area contributed by atoms with Crippen LogP contribution >= 0.6 is 0 Å². The summed E-state index contributed by atoms with van der Waals surface area (Å²) in [5, 5.41) is 0. The molecule has 3 fully saturated rings. The highest BCUT2D eigenvalue weighted by atomic mass is 19.1. The zero-order valence-electron chi connectivity index (χ0n) is 9.68. The standard InChI is InChI=1S/C12H19FO2/c1-4-8-10(2,13)11(5-6-11)15-12(8)7-9(12)14-3/h8-9H,4-7H2,1-3H3/t8-,9?,10+,12-/m0/s1. The van der Waals surface area contributed by atoms with Gasteiger partial charge in [-0.2, -0.15) is 0 Å². The minimum absolute atomic E-state index is 0.0115. The molecule has 3 rings (SSSR count). The Morgan fingerprint density at radius 1 is 1.47 bits per heavy atom. The van der Waals surface area contributed by atoms with Crippen LogP contribution in [-0.2, 0) is 9.47 Å². The molecular formula is C12H19FO2. The summed E-state index contributed by atoms with van der Waals surface area (Å²) >= 11 is 0. The quantitative estimate of drug-likeness (QED) is 0.703. The molecule has 0 radical (unpaired) electrons. The minimum Gasteiger partial charge on any atom is -0.378 e. The molecule has 86 valence electrons. The van der Waals surface area contributed by atoms with Gasteiger partial charge >= 0.3 is 0 Å². The van der Waals surface area contributed by atoms with Gasteiger partial charge in [0.25, 0.3) is 0 Å². The van der Waals surface area contributed by atoms with Gasteiger partial charge in [-0.05, 0) is 26.2 Å². The zero-order valence-corrected chi connectivity index (χ0v) is 9.68. The average molecular weight is 214 g/mol. The highest BCUT2D eigenvalue weighted by Crippen LogP contribution is 2.70. The molecule has 0 aromatic rings. The van der Waals surface area contributed by atoms with E-state index < -0.39 is 11.3 Å². The van der Waals surface area contributed by atoms with Crippen LogP contribution in [0.1, 0.15) is 39.5 Å². The van der Waals surface area contributed by atoms with Crippen molar-refractivity contribution in [1.29, 1.82) is 0 Å². The lowest BCUT2D eigenvalue weighted by atomic mass is 9.81. The zero-order chi connectivity index (χ0) is 10.9. The van der Waals surface area contributed by atoms with Crippen LogP contribution in [0.3, 0.4) is 0 Å². The van der Waals surface area contributed by atoms with Crippen LogP contribution in [0.5, 0.6) is 0 Å². The summed E-state index contributed by atoms with van der Waals surface area (Å²) in [6.07, 6.45) is 3.61. The summed E-state index contributed by atoms with van der Waals surface area (Å²) in [5.41, 5.74) is -1.90. The largest absolute Gasteiger partial charge is 0.378 e. The van der Waals surface area contributed by atoms with Crippen molar-refractivity contribution in [3.8, 4) is 0 Å². The van der Waals surface area contributed by atoms with E-state index in [4.69, 9.17) is 9.47 Å². The predicted octanol–water partition coefficient (Wildman–Crippen LogP) is 2.46. The molecule has 2 spiro atoms. The maximum Gasteiger partial charge on any atom is 0.142 e. The highest BCUT2D eigenvalue weighted by molar-refractivity contribution is 5.29. The van der Waals surface area contributed by atoms with Gasteiger partial charge in [-0.15, -0.1) is 0 Å². The summed E-state index contributed by atoms with van der Waals surface area (Å²) < 4.78 is 26.2. The van der Waals surface area contributed by atoms with Gasteiger partial charge < -0.3 is 9.47 Å². The molecule has 15 heavy (non-hydrogen) atoms. The normalized spacial score (nSPS) is 55.2. The molecular weight excluding hydrogens is 195 g/mol. The average Bonchev–Trinajstić information content (AvgIpc) is 3.03. The third kappa shape index (κ3) is 0.967. The molecule has 3 aliphatic rings. The fraction of sp³-hybridized carbons (Fsp3) is 1.00. The van der Waals surface area contributed by atoms with Crippen LogP contribution < -0.4 is 0 Å². The number of halogens is 1. The Morgan fingerprint density at radius 3 is 2.53 bits per heavy atom. The number of methoxy groups -OCH3 is 1. The molecule has 3 heteroatoms. The van der Waals surface area contributed by atoms with E-state index in [1.54, 1.807) is 14.0 Å². The molecule has 4 atom stereocenters. The molecule has 0 aromatic carbocycles. The maximum atomic E-state index is 14.8. The lowest BCUT2D eigenvalue weighted by Crippen LogP contribution is -2.39. The molecule has 2 nitrogen and oxygen atoms in total. The summed E-state index contributed by atoms with van der Waals surface area (Å²) in [5.74, 6) is 0.0115.